The molecule has 0 fully saturated rings. The van der Waals surface area contributed by atoms with Gasteiger partial charge in [-0.1, -0.05) is 53.5 Å². The zero-order valence-corrected chi connectivity index (χ0v) is 11.3. The maximum Gasteiger partial charge on any atom is 0.0673 e. The van der Waals surface area contributed by atoms with Gasteiger partial charge < -0.3 is 4.57 Å². The molecule has 90 valence electrons. The summed E-state index contributed by atoms with van der Waals surface area (Å²) in [5, 5.41) is 2.41. The molecule has 1 aromatic heterocycles. The molecule has 0 radical (unpaired) electrons. The highest BCUT2D eigenvalue weighted by Gasteiger charge is 2.11. The van der Waals surface area contributed by atoms with E-state index in [0.717, 1.165) is 16.6 Å². The van der Waals surface area contributed by atoms with Gasteiger partial charge in [0.1, 0.15) is 0 Å². The largest absolute Gasteiger partial charge is 0.342 e. The number of rotatable bonds is 1. The lowest BCUT2D eigenvalue weighted by Crippen LogP contribution is -1.91. The van der Waals surface area contributed by atoms with Crippen LogP contribution in [0.15, 0.2) is 48.5 Å². The van der Waals surface area contributed by atoms with Crippen molar-refractivity contribution in [3.63, 3.8) is 0 Å². The van der Waals surface area contributed by atoms with Crippen molar-refractivity contribution in [3.8, 4) is 11.3 Å². The number of fused-ring (bicyclic) bond motifs is 1. The van der Waals surface area contributed by atoms with Crippen molar-refractivity contribution >= 4 is 34.1 Å². The minimum absolute atomic E-state index is 0.665. The van der Waals surface area contributed by atoms with Crippen LogP contribution >= 0.6 is 23.2 Å². The van der Waals surface area contributed by atoms with Crippen molar-refractivity contribution < 1.29 is 0 Å². The second-order valence-corrected chi connectivity index (χ2v) is 5.12. The average Bonchev–Trinajstić information content (AvgIpc) is 2.67. The molecule has 0 aliphatic rings. The minimum Gasteiger partial charge on any atom is -0.342 e. The molecule has 1 nitrogen and oxygen atoms in total. The first-order valence-electron chi connectivity index (χ1n) is 5.67. The first-order valence-corrected chi connectivity index (χ1v) is 6.42. The third-order valence-corrected chi connectivity index (χ3v) is 3.62. The fourth-order valence-corrected chi connectivity index (χ4v) is 2.94. The van der Waals surface area contributed by atoms with Gasteiger partial charge in [0.05, 0.1) is 10.5 Å². The molecular formula is C15H11Cl2N. The topological polar surface area (TPSA) is 4.93 Å². The molecule has 1 heterocycles. The lowest BCUT2D eigenvalue weighted by Gasteiger charge is -2.05. The summed E-state index contributed by atoms with van der Waals surface area (Å²) in [6.45, 7) is 0. The molecule has 0 aliphatic carbocycles. The Bertz CT molecular complexity index is 714. The van der Waals surface area contributed by atoms with Crippen LogP contribution in [0, 0.1) is 0 Å². The van der Waals surface area contributed by atoms with Gasteiger partial charge in [-0.15, -0.1) is 0 Å². The summed E-state index contributed by atoms with van der Waals surface area (Å²) in [6.07, 6.45) is 0. The van der Waals surface area contributed by atoms with E-state index in [-0.39, 0.29) is 0 Å². The molecule has 0 bridgehead atoms. The molecule has 0 N–H and O–H groups in total. The SMILES string of the molecule is Cn1c(-c2ccccc2)cc2cc(Cl)cc(Cl)c21. The molecule has 0 spiro atoms. The van der Waals surface area contributed by atoms with Crippen LogP contribution in [0.5, 0.6) is 0 Å². The van der Waals surface area contributed by atoms with E-state index in [2.05, 4.69) is 22.8 Å². The van der Waals surface area contributed by atoms with Crippen molar-refractivity contribution in [2.45, 2.75) is 0 Å². The van der Waals surface area contributed by atoms with E-state index < -0.39 is 0 Å². The number of benzene rings is 2. The summed E-state index contributed by atoms with van der Waals surface area (Å²) in [7, 11) is 2.02. The first-order chi connectivity index (χ1) is 8.66. The van der Waals surface area contributed by atoms with Gasteiger partial charge in [-0.05, 0) is 23.8 Å². The highest BCUT2D eigenvalue weighted by atomic mass is 35.5. The Balaban J connectivity index is 2.33. The van der Waals surface area contributed by atoms with Gasteiger partial charge in [-0.25, -0.2) is 0 Å². The second-order valence-electron chi connectivity index (χ2n) is 4.28. The van der Waals surface area contributed by atoms with Crippen molar-refractivity contribution in [3.05, 3.63) is 58.6 Å². The zero-order chi connectivity index (χ0) is 12.7. The van der Waals surface area contributed by atoms with Crippen LogP contribution < -0.4 is 0 Å². The molecule has 0 saturated carbocycles. The summed E-state index contributed by atoms with van der Waals surface area (Å²) in [5.74, 6) is 0. The van der Waals surface area contributed by atoms with Gasteiger partial charge in [0.15, 0.2) is 0 Å². The van der Waals surface area contributed by atoms with Gasteiger partial charge in [0.2, 0.25) is 0 Å². The standard InChI is InChI=1S/C15H11Cl2N/c1-18-14(10-5-3-2-4-6-10)8-11-7-12(16)9-13(17)15(11)18/h2-9H,1H3. The number of aromatic nitrogens is 1. The lowest BCUT2D eigenvalue weighted by atomic mass is 10.1. The van der Waals surface area contributed by atoms with Gasteiger partial charge in [-0.3, -0.25) is 0 Å². The van der Waals surface area contributed by atoms with Crippen molar-refractivity contribution in [1.82, 2.24) is 4.57 Å². The quantitative estimate of drug-likeness (QED) is 0.579. The lowest BCUT2D eigenvalue weighted by molar-refractivity contribution is 0.978. The van der Waals surface area contributed by atoms with Crippen LogP contribution in [0.1, 0.15) is 0 Å². The normalized spacial score (nSPS) is 11.1. The number of nitrogens with zero attached hydrogens (tertiary/aromatic N) is 1. The molecule has 2 aromatic carbocycles. The first kappa shape index (κ1) is 11.6. The van der Waals surface area contributed by atoms with E-state index >= 15 is 0 Å². The molecule has 3 aromatic rings. The maximum atomic E-state index is 6.26. The van der Waals surface area contributed by atoms with Crippen LogP contribution in [-0.4, -0.2) is 4.57 Å². The Morgan fingerprint density at radius 1 is 0.944 bits per heavy atom. The van der Waals surface area contributed by atoms with Crippen LogP contribution in [0.25, 0.3) is 22.2 Å². The molecule has 3 heteroatoms. The molecular weight excluding hydrogens is 265 g/mol. The molecule has 0 amide bonds. The minimum atomic E-state index is 0.665. The molecule has 0 atom stereocenters. The van der Waals surface area contributed by atoms with E-state index in [1.807, 2.05) is 31.3 Å². The smallest absolute Gasteiger partial charge is 0.0673 e. The van der Waals surface area contributed by atoms with Gasteiger partial charge in [0, 0.05) is 23.2 Å². The Hall–Kier alpha value is -1.44. The van der Waals surface area contributed by atoms with E-state index in [9.17, 15) is 0 Å². The molecule has 18 heavy (non-hydrogen) atoms. The third kappa shape index (κ3) is 1.80. The van der Waals surface area contributed by atoms with E-state index in [4.69, 9.17) is 23.2 Å². The number of hydrogen-bond donors (Lipinski definition) is 0. The molecule has 0 saturated heterocycles. The van der Waals surface area contributed by atoms with Crippen LogP contribution in [0.3, 0.4) is 0 Å². The summed E-state index contributed by atoms with van der Waals surface area (Å²) in [4.78, 5) is 0. The van der Waals surface area contributed by atoms with Crippen LogP contribution in [0.2, 0.25) is 10.0 Å². The number of aryl methyl sites for hydroxylation is 1. The second kappa shape index (κ2) is 4.34. The number of halogens is 2. The Kier molecular flexibility index (Phi) is 2.81. The van der Waals surface area contributed by atoms with Crippen molar-refractivity contribution in [2.75, 3.05) is 0 Å². The monoisotopic (exact) mass is 275 g/mol. The van der Waals surface area contributed by atoms with Crippen LogP contribution in [0.4, 0.5) is 0 Å². The van der Waals surface area contributed by atoms with E-state index in [1.165, 1.54) is 5.56 Å². The number of hydrogen-bond acceptors (Lipinski definition) is 0. The highest BCUT2D eigenvalue weighted by Crippen LogP contribution is 2.33. The van der Waals surface area contributed by atoms with Gasteiger partial charge in [-0.2, -0.15) is 0 Å². The molecule has 0 aliphatic heterocycles. The fraction of sp³-hybridized carbons (Fsp3) is 0.0667. The Labute approximate surface area is 116 Å². The summed E-state index contributed by atoms with van der Waals surface area (Å²) in [5.41, 5.74) is 3.32. The maximum absolute atomic E-state index is 6.26. The van der Waals surface area contributed by atoms with E-state index in [0.29, 0.717) is 10.0 Å². The highest BCUT2D eigenvalue weighted by molar-refractivity contribution is 6.38. The molecule has 3 rings (SSSR count). The third-order valence-electron chi connectivity index (χ3n) is 3.12. The Morgan fingerprint density at radius 2 is 1.67 bits per heavy atom. The fourth-order valence-electron chi connectivity index (χ4n) is 2.30. The van der Waals surface area contributed by atoms with Crippen molar-refractivity contribution in [1.29, 1.82) is 0 Å². The molecule has 0 unspecified atom stereocenters. The summed E-state index contributed by atoms with van der Waals surface area (Å²) < 4.78 is 2.10. The Morgan fingerprint density at radius 3 is 2.39 bits per heavy atom. The van der Waals surface area contributed by atoms with Gasteiger partial charge >= 0.3 is 0 Å². The van der Waals surface area contributed by atoms with E-state index in [1.54, 1.807) is 6.07 Å². The average molecular weight is 276 g/mol. The van der Waals surface area contributed by atoms with Crippen molar-refractivity contribution in [2.24, 2.45) is 7.05 Å². The predicted molar refractivity (Wildman–Crippen MR) is 78.4 cm³/mol. The zero-order valence-electron chi connectivity index (χ0n) is 9.82. The summed E-state index contributed by atoms with van der Waals surface area (Å²) in [6, 6.07) is 16.1. The predicted octanol–water partition coefficient (Wildman–Crippen LogP) is 5.15. The van der Waals surface area contributed by atoms with Crippen LogP contribution in [-0.2, 0) is 7.05 Å². The van der Waals surface area contributed by atoms with Gasteiger partial charge in [0.25, 0.3) is 0 Å². The summed E-state index contributed by atoms with van der Waals surface area (Å²) >= 11 is 12.3.